The van der Waals surface area contributed by atoms with Crippen LogP contribution in [0.1, 0.15) is 12.6 Å². The Balaban J connectivity index is 2.14. The summed E-state index contributed by atoms with van der Waals surface area (Å²) in [5, 5.41) is 9.57. The number of nitrogens with zero attached hydrogens (tertiary/aromatic N) is 2. The highest BCUT2D eigenvalue weighted by molar-refractivity contribution is 5.90. The lowest BCUT2D eigenvalue weighted by Crippen LogP contribution is -2.07. The molecule has 0 amide bonds. The molecular weight excluding hydrogens is 272 g/mol. The lowest BCUT2D eigenvalue weighted by molar-refractivity contribution is -0.141. The zero-order valence-electron chi connectivity index (χ0n) is 11.4. The summed E-state index contributed by atoms with van der Waals surface area (Å²) in [6, 6.07) is 10.6. The van der Waals surface area contributed by atoms with E-state index in [1.54, 1.807) is 19.1 Å². The molecule has 0 atom stereocenters. The number of aromatic nitrogens is 2. The Morgan fingerprint density at radius 2 is 2.05 bits per heavy atom. The van der Waals surface area contributed by atoms with Crippen molar-refractivity contribution in [2.24, 2.45) is 0 Å². The Labute approximate surface area is 121 Å². The predicted octanol–water partition coefficient (Wildman–Crippen LogP) is 2.73. The number of hydrogen-bond acceptors (Lipinski definition) is 6. The van der Waals surface area contributed by atoms with Crippen molar-refractivity contribution in [2.45, 2.75) is 6.92 Å². The molecule has 0 aliphatic carbocycles. The largest absolute Gasteiger partial charge is 0.502 e. The molecule has 0 unspecified atom stereocenters. The Kier molecular flexibility index (Phi) is 4.87. The molecule has 0 bridgehead atoms. The summed E-state index contributed by atoms with van der Waals surface area (Å²) < 4.78 is 10.2. The summed E-state index contributed by atoms with van der Waals surface area (Å²) in [7, 11) is 0. The van der Waals surface area contributed by atoms with E-state index >= 15 is 0 Å². The first kappa shape index (κ1) is 14.5. The molecule has 6 heteroatoms. The van der Waals surface area contributed by atoms with E-state index in [4.69, 9.17) is 4.74 Å². The van der Waals surface area contributed by atoms with Gasteiger partial charge in [0.2, 0.25) is 11.6 Å². The quantitative estimate of drug-likeness (QED) is 0.517. The third-order valence-electron chi connectivity index (χ3n) is 2.40. The molecule has 1 N–H and O–H groups in total. The van der Waals surface area contributed by atoms with Crippen LogP contribution < -0.4 is 4.74 Å². The van der Waals surface area contributed by atoms with Gasteiger partial charge in [-0.2, -0.15) is 0 Å². The smallest absolute Gasteiger partial charge is 0.373 e. The monoisotopic (exact) mass is 286 g/mol. The molecule has 0 fully saturated rings. The van der Waals surface area contributed by atoms with Gasteiger partial charge in [-0.05, 0) is 19.1 Å². The Morgan fingerprint density at radius 1 is 1.29 bits per heavy atom. The maximum Gasteiger partial charge on any atom is 0.373 e. The number of carbonyl (C=O) groups excluding carboxylic acids is 1. The summed E-state index contributed by atoms with van der Waals surface area (Å²) in [6.07, 6.45) is 2.47. The minimum atomic E-state index is -0.804. The molecule has 0 saturated carbocycles. The summed E-state index contributed by atoms with van der Waals surface area (Å²) >= 11 is 0. The molecular formula is C15H14N2O4. The first-order chi connectivity index (χ1) is 10.2. The van der Waals surface area contributed by atoms with Crippen LogP contribution in [0.4, 0.5) is 0 Å². The number of benzene rings is 1. The molecule has 0 spiro atoms. The topological polar surface area (TPSA) is 81.5 Å². The second-order valence-corrected chi connectivity index (χ2v) is 3.95. The van der Waals surface area contributed by atoms with Crippen LogP contribution in [-0.2, 0) is 9.53 Å². The second kappa shape index (κ2) is 7.04. The summed E-state index contributed by atoms with van der Waals surface area (Å²) in [4.78, 5) is 19.2. The normalized spacial score (nSPS) is 11.0. The van der Waals surface area contributed by atoms with E-state index in [2.05, 4.69) is 14.7 Å². The van der Waals surface area contributed by atoms with Crippen LogP contribution in [-0.4, -0.2) is 27.7 Å². The van der Waals surface area contributed by atoms with Crippen LogP contribution in [0.5, 0.6) is 11.6 Å². The van der Waals surface area contributed by atoms with Gasteiger partial charge < -0.3 is 14.6 Å². The van der Waals surface area contributed by atoms with E-state index in [9.17, 15) is 9.90 Å². The van der Waals surface area contributed by atoms with Crippen LogP contribution in [0.15, 0.2) is 48.5 Å². The molecule has 0 aliphatic heterocycles. The number of esters is 1. The van der Waals surface area contributed by atoms with Gasteiger partial charge in [0.1, 0.15) is 12.1 Å². The van der Waals surface area contributed by atoms with Gasteiger partial charge in [-0.3, -0.25) is 0 Å². The Morgan fingerprint density at radius 3 is 2.76 bits per heavy atom. The number of carbonyl (C=O) groups is 1. The molecule has 6 nitrogen and oxygen atoms in total. The lowest BCUT2D eigenvalue weighted by atomic mass is 10.3. The standard InChI is InChI=1S/C15H14N2O4/c1-2-20-15(19)13(18)8-11-9-14(17-10-16-11)21-12-6-4-3-5-7-12/h3-10,18H,2H2,1H3. The molecule has 0 aliphatic rings. The van der Waals surface area contributed by atoms with E-state index in [0.717, 1.165) is 0 Å². The van der Waals surface area contributed by atoms with Crippen LogP contribution >= 0.6 is 0 Å². The zero-order valence-corrected chi connectivity index (χ0v) is 11.4. The van der Waals surface area contributed by atoms with Crippen LogP contribution in [0.2, 0.25) is 0 Å². The number of ether oxygens (including phenoxy) is 2. The van der Waals surface area contributed by atoms with Crippen LogP contribution in [0, 0.1) is 0 Å². The Bertz CT molecular complexity index is 641. The lowest BCUT2D eigenvalue weighted by Gasteiger charge is -2.04. The van der Waals surface area contributed by atoms with Crippen molar-refractivity contribution >= 4 is 12.0 Å². The fraction of sp³-hybridized carbons (Fsp3) is 0.133. The summed E-state index contributed by atoms with van der Waals surface area (Å²) in [6.45, 7) is 1.84. The molecule has 1 aromatic heterocycles. The van der Waals surface area contributed by atoms with E-state index in [1.165, 1.54) is 18.5 Å². The summed E-state index contributed by atoms with van der Waals surface area (Å²) in [5.41, 5.74) is 0.335. The second-order valence-electron chi connectivity index (χ2n) is 3.95. The minimum absolute atomic E-state index is 0.183. The average Bonchev–Trinajstić information content (AvgIpc) is 2.49. The third-order valence-corrected chi connectivity index (χ3v) is 2.40. The third kappa shape index (κ3) is 4.31. The van der Waals surface area contributed by atoms with Crippen molar-refractivity contribution in [3.05, 3.63) is 54.2 Å². The van der Waals surface area contributed by atoms with Crippen molar-refractivity contribution in [2.75, 3.05) is 6.61 Å². The fourth-order valence-electron chi connectivity index (χ4n) is 1.50. The van der Waals surface area contributed by atoms with E-state index in [1.807, 2.05) is 18.2 Å². The summed E-state index contributed by atoms with van der Waals surface area (Å²) in [5.74, 6) is -0.400. The van der Waals surface area contributed by atoms with E-state index in [0.29, 0.717) is 17.3 Å². The minimum Gasteiger partial charge on any atom is -0.502 e. The SMILES string of the molecule is CCOC(=O)C(O)=Cc1cc(Oc2ccccc2)ncn1. The van der Waals surface area contributed by atoms with Crippen molar-refractivity contribution in [1.82, 2.24) is 9.97 Å². The fourth-order valence-corrected chi connectivity index (χ4v) is 1.50. The zero-order chi connectivity index (χ0) is 15.1. The first-order valence-corrected chi connectivity index (χ1v) is 6.31. The number of rotatable bonds is 5. The predicted molar refractivity (Wildman–Crippen MR) is 75.8 cm³/mol. The van der Waals surface area contributed by atoms with Gasteiger partial charge in [0.15, 0.2) is 0 Å². The highest BCUT2D eigenvalue weighted by atomic mass is 16.5. The van der Waals surface area contributed by atoms with Crippen molar-refractivity contribution in [1.29, 1.82) is 0 Å². The molecule has 2 rings (SSSR count). The van der Waals surface area contributed by atoms with Crippen molar-refractivity contribution in [3.63, 3.8) is 0 Å². The van der Waals surface area contributed by atoms with Crippen LogP contribution in [0.3, 0.4) is 0 Å². The molecule has 1 heterocycles. The molecule has 0 saturated heterocycles. The number of aliphatic hydroxyl groups is 1. The van der Waals surface area contributed by atoms with Crippen LogP contribution in [0.25, 0.3) is 6.08 Å². The van der Waals surface area contributed by atoms with Gasteiger partial charge in [-0.1, -0.05) is 18.2 Å². The maximum absolute atomic E-state index is 11.3. The molecule has 2 aromatic rings. The van der Waals surface area contributed by atoms with Gasteiger partial charge in [0, 0.05) is 12.1 Å². The number of para-hydroxylation sites is 1. The van der Waals surface area contributed by atoms with Crippen molar-refractivity contribution < 1.29 is 19.4 Å². The van der Waals surface area contributed by atoms with Gasteiger partial charge in [0.25, 0.3) is 0 Å². The van der Waals surface area contributed by atoms with Crippen molar-refractivity contribution in [3.8, 4) is 11.6 Å². The first-order valence-electron chi connectivity index (χ1n) is 6.31. The Hall–Kier alpha value is -2.89. The number of aliphatic hydroxyl groups excluding tert-OH is 1. The van der Waals surface area contributed by atoms with Gasteiger partial charge in [-0.15, -0.1) is 0 Å². The maximum atomic E-state index is 11.3. The van der Waals surface area contributed by atoms with E-state index < -0.39 is 11.7 Å². The molecule has 0 radical (unpaired) electrons. The van der Waals surface area contributed by atoms with E-state index in [-0.39, 0.29) is 6.61 Å². The molecule has 21 heavy (non-hydrogen) atoms. The number of hydrogen-bond donors (Lipinski definition) is 1. The highest BCUT2D eigenvalue weighted by Gasteiger charge is 2.09. The molecule has 1 aromatic carbocycles. The van der Waals surface area contributed by atoms with Gasteiger partial charge >= 0.3 is 5.97 Å². The van der Waals surface area contributed by atoms with Gasteiger partial charge in [0.05, 0.1) is 12.3 Å². The highest BCUT2D eigenvalue weighted by Crippen LogP contribution is 2.19. The van der Waals surface area contributed by atoms with Gasteiger partial charge in [-0.25, -0.2) is 14.8 Å². The average molecular weight is 286 g/mol. The molecule has 108 valence electrons.